The Morgan fingerprint density at radius 2 is 2.00 bits per heavy atom. The molecule has 0 bridgehead atoms. The van der Waals surface area contributed by atoms with Crippen LogP contribution in [0.15, 0.2) is 16.9 Å². The number of halogens is 2. The standard InChI is InChI=1S/C11H13BrClN5O/c1-16(6-9-7(12)4-14-17(9)2)11(19)10-8(13)5-15-18(10)3/h4-5H,6H2,1-3H3. The Balaban J connectivity index is 2.21. The van der Waals surface area contributed by atoms with Crippen molar-refractivity contribution in [2.75, 3.05) is 7.05 Å². The summed E-state index contributed by atoms with van der Waals surface area (Å²) in [5.74, 6) is -0.182. The molecular formula is C11H13BrClN5O. The van der Waals surface area contributed by atoms with Gasteiger partial charge in [0.25, 0.3) is 5.91 Å². The zero-order chi connectivity index (χ0) is 14.2. The summed E-state index contributed by atoms with van der Waals surface area (Å²) in [5.41, 5.74) is 1.29. The Hall–Kier alpha value is -1.34. The van der Waals surface area contributed by atoms with Crippen molar-refractivity contribution in [3.05, 3.63) is 33.3 Å². The minimum atomic E-state index is -0.182. The number of aromatic nitrogens is 4. The van der Waals surface area contributed by atoms with Gasteiger partial charge in [-0.15, -0.1) is 0 Å². The van der Waals surface area contributed by atoms with E-state index in [9.17, 15) is 4.79 Å². The zero-order valence-electron chi connectivity index (χ0n) is 10.8. The van der Waals surface area contributed by atoms with Gasteiger partial charge in [0.15, 0.2) is 0 Å². The van der Waals surface area contributed by atoms with Gasteiger partial charge in [0.1, 0.15) is 5.69 Å². The maximum absolute atomic E-state index is 12.3. The predicted octanol–water partition coefficient (Wildman–Crippen LogP) is 1.84. The molecule has 0 saturated carbocycles. The Morgan fingerprint density at radius 1 is 1.37 bits per heavy atom. The van der Waals surface area contributed by atoms with Gasteiger partial charge in [0, 0.05) is 21.1 Å². The number of carbonyl (C=O) groups excluding carboxylic acids is 1. The molecule has 0 aliphatic heterocycles. The van der Waals surface area contributed by atoms with E-state index in [2.05, 4.69) is 26.1 Å². The third-order valence-corrected chi connectivity index (χ3v) is 3.78. The third kappa shape index (κ3) is 2.66. The first-order valence-corrected chi connectivity index (χ1v) is 6.68. The molecule has 2 rings (SSSR count). The van der Waals surface area contributed by atoms with E-state index in [1.807, 2.05) is 7.05 Å². The molecule has 0 radical (unpaired) electrons. The lowest BCUT2D eigenvalue weighted by molar-refractivity contribution is 0.0771. The van der Waals surface area contributed by atoms with Crippen molar-refractivity contribution >= 4 is 33.4 Å². The topological polar surface area (TPSA) is 56.0 Å². The van der Waals surface area contributed by atoms with Gasteiger partial charge >= 0.3 is 0 Å². The second-order valence-corrected chi connectivity index (χ2v) is 5.45. The highest BCUT2D eigenvalue weighted by atomic mass is 79.9. The molecule has 0 atom stereocenters. The van der Waals surface area contributed by atoms with Crippen LogP contribution in [-0.2, 0) is 20.6 Å². The molecule has 0 saturated heterocycles. The lowest BCUT2D eigenvalue weighted by Gasteiger charge is -2.17. The van der Waals surface area contributed by atoms with Crippen molar-refractivity contribution in [3.8, 4) is 0 Å². The molecule has 0 fully saturated rings. The first kappa shape index (κ1) is 14.1. The highest BCUT2D eigenvalue weighted by molar-refractivity contribution is 9.10. The highest BCUT2D eigenvalue weighted by Gasteiger charge is 2.21. The largest absolute Gasteiger partial charge is 0.334 e. The van der Waals surface area contributed by atoms with E-state index in [1.165, 1.54) is 10.9 Å². The van der Waals surface area contributed by atoms with Gasteiger partial charge in [-0.05, 0) is 15.9 Å². The fraction of sp³-hybridized carbons (Fsp3) is 0.364. The SMILES string of the molecule is CN(Cc1c(Br)cnn1C)C(=O)c1c(Cl)cnn1C. The lowest BCUT2D eigenvalue weighted by Crippen LogP contribution is -2.29. The number of nitrogens with zero attached hydrogens (tertiary/aromatic N) is 5. The molecule has 2 aromatic heterocycles. The summed E-state index contributed by atoms with van der Waals surface area (Å²) in [4.78, 5) is 13.9. The monoisotopic (exact) mass is 345 g/mol. The van der Waals surface area contributed by atoms with Crippen molar-refractivity contribution in [3.63, 3.8) is 0 Å². The predicted molar refractivity (Wildman–Crippen MR) is 74.9 cm³/mol. The van der Waals surface area contributed by atoms with Crippen LogP contribution >= 0.6 is 27.5 Å². The van der Waals surface area contributed by atoms with Crippen LogP contribution in [0.3, 0.4) is 0 Å². The second kappa shape index (κ2) is 5.34. The number of amides is 1. The Kier molecular flexibility index (Phi) is 3.96. The van der Waals surface area contributed by atoms with E-state index >= 15 is 0 Å². The number of hydrogen-bond acceptors (Lipinski definition) is 3. The molecule has 102 valence electrons. The molecule has 2 aromatic rings. The molecule has 2 heterocycles. The highest BCUT2D eigenvalue weighted by Crippen LogP contribution is 2.20. The Morgan fingerprint density at radius 3 is 2.47 bits per heavy atom. The summed E-state index contributed by atoms with van der Waals surface area (Å²) in [7, 11) is 5.23. The van der Waals surface area contributed by atoms with Gasteiger partial charge in [-0.2, -0.15) is 10.2 Å². The van der Waals surface area contributed by atoms with Crippen LogP contribution in [0.5, 0.6) is 0 Å². The van der Waals surface area contributed by atoms with Crippen LogP contribution in [0.2, 0.25) is 5.02 Å². The molecule has 0 N–H and O–H groups in total. The molecule has 8 heteroatoms. The van der Waals surface area contributed by atoms with E-state index in [0.717, 1.165) is 10.2 Å². The van der Waals surface area contributed by atoms with E-state index < -0.39 is 0 Å². The van der Waals surface area contributed by atoms with Crippen LogP contribution in [0.4, 0.5) is 0 Å². The van der Waals surface area contributed by atoms with Crippen molar-refractivity contribution in [2.45, 2.75) is 6.54 Å². The van der Waals surface area contributed by atoms with Crippen LogP contribution in [-0.4, -0.2) is 37.4 Å². The fourth-order valence-corrected chi connectivity index (χ4v) is 2.46. The molecular weight excluding hydrogens is 334 g/mol. The second-order valence-electron chi connectivity index (χ2n) is 4.19. The quantitative estimate of drug-likeness (QED) is 0.852. The molecule has 6 nitrogen and oxygen atoms in total. The number of aryl methyl sites for hydroxylation is 2. The van der Waals surface area contributed by atoms with Crippen LogP contribution in [0.1, 0.15) is 16.2 Å². The van der Waals surface area contributed by atoms with Gasteiger partial charge in [-0.25, -0.2) is 0 Å². The first-order valence-electron chi connectivity index (χ1n) is 5.51. The zero-order valence-corrected chi connectivity index (χ0v) is 13.1. The fourth-order valence-electron chi connectivity index (χ4n) is 1.74. The van der Waals surface area contributed by atoms with Crippen LogP contribution < -0.4 is 0 Å². The van der Waals surface area contributed by atoms with Crippen molar-refractivity contribution in [1.82, 2.24) is 24.5 Å². The summed E-state index contributed by atoms with van der Waals surface area (Å²) < 4.78 is 4.06. The van der Waals surface area contributed by atoms with Gasteiger partial charge in [0.2, 0.25) is 0 Å². The summed E-state index contributed by atoms with van der Waals surface area (Å²) in [5, 5.41) is 8.43. The smallest absolute Gasteiger partial charge is 0.273 e. The Bertz CT molecular complexity index is 582. The van der Waals surface area contributed by atoms with Crippen molar-refractivity contribution in [2.24, 2.45) is 14.1 Å². The van der Waals surface area contributed by atoms with Gasteiger partial charge in [0.05, 0.1) is 34.1 Å². The molecule has 0 aliphatic carbocycles. The average Bonchev–Trinajstić information content (AvgIpc) is 2.85. The van der Waals surface area contributed by atoms with E-state index in [-0.39, 0.29) is 5.91 Å². The minimum Gasteiger partial charge on any atom is -0.334 e. The maximum Gasteiger partial charge on any atom is 0.273 e. The summed E-state index contributed by atoms with van der Waals surface area (Å²) in [6.07, 6.45) is 3.16. The average molecular weight is 347 g/mol. The summed E-state index contributed by atoms with van der Waals surface area (Å²) in [6, 6.07) is 0. The molecule has 0 unspecified atom stereocenters. The Labute approximate surface area is 124 Å². The van der Waals surface area contributed by atoms with Gasteiger partial charge < -0.3 is 4.90 Å². The third-order valence-electron chi connectivity index (χ3n) is 2.84. The van der Waals surface area contributed by atoms with E-state index in [0.29, 0.717) is 17.3 Å². The summed E-state index contributed by atoms with van der Waals surface area (Å²) >= 11 is 9.38. The number of rotatable bonds is 3. The van der Waals surface area contributed by atoms with E-state index in [4.69, 9.17) is 11.6 Å². The molecule has 0 aliphatic rings. The molecule has 0 spiro atoms. The molecule has 0 aromatic carbocycles. The van der Waals surface area contributed by atoms with Crippen LogP contribution in [0.25, 0.3) is 0 Å². The molecule has 1 amide bonds. The normalized spacial score (nSPS) is 10.8. The number of carbonyl (C=O) groups is 1. The summed E-state index contributed by atoms with van der Waals surface area (Å²) in [6.45, 7) is 0.428. The minimum absolute atomic E-state index is 0.182. The number of hydrogen-bond donors (Lipinski definition) is 0. The van der Waals surface area contributed by atoms with Gasteiger partial charge in [-0.3, -0.25) is 14.2 Å². The van der Waals surface area contributed by atoms with Gasteiger partial charge in [-0.1, -0.05) is 11.6 Å². The van der Waals surface area contributed by atoms with Crippen molar-refractivity contribution < 1.29 is 4.79 Å². The maximum atomic E-state index is 12.3. The van der Waals surface area contributed by atoms with E-state index in [1.54, 1.807) is 29.9 Å². The molecule has 19 heavy (non-hydrogen) atoms. The van der Waals surface area contributed by atoms with Crippen LogP contribution in [0, 0.1) is 0 Å². The first-order chi connectivity index (χ1) is 8.91. The van der Waals surface area contributed by atoms with Crippen molar-refractivity contribution in [1.29, 1.82) is 0 Å². The lowest BCUT2D eigenvalue weighted by atomic mass is 10.3.